The fraction of sp³-hybridized carbons (Fsp3) is 0.190. The minimum absolute atomic E-state index is 0.00570. The molecule has 0 saturated carbocycles. The molecule has 150 valence electrons. The van der Waals surface area contributed by atoms with Crippen LogP contribution in [-0.4, -0.2) is 28.9 Å². The third-order valence-corrected chi connectivity index (χ3v) is 4.14. The number of para-hydroxylation sites is 1. The van der Waals surface area contributed by atoms with E-state index in [1.165, 1.54) is 6.07 Å². The van der Waals surface area contributed by atoms with Gasteiger partial charge in [0.05, 0.1) is 6.42 Å². The number of benzene rings is 2. The SMILES string of the molecule is CC(C)NC(=O)Nc1cccc(C(=O)NNC(=O)Cc2c[nH]c3ccccc23)c1. The Morgan fingerprint density at radius 1 is 1.00 bits per heavy atom. The van der Waals surface area contributed by atoms with Gasteiger partial charge in [0.1, 0.15) is 0 Å². The number of hydrogen-bond donors (Lipinski definition) is 5. The van der Waals surface area contributed by atoms with Crippen molar-refractivity contribution in [3.05, 3.63) is 65.9 Å². The number of aromatic nitrogens is 1. The van der Waals surface area contributed by atoms with Crippen LogP contribution in [0.1, 0.15) is 29.8 Å². The van der Waals surface area contributed by atoms with Gasteiger partial charge in [-0.25, -0.2) is 4.79 Å². The Bertz CT molecular complexity index is 1040. The van der Waals surface area contributed by atoms with E-state index < -0.39 is 5.91 Å². The number of nitrogens with one attached hydrogen (secondary N) is 5. The molecule has 4 amide bonds. The molecule has 0 saturated heterocycles. The normalized spacial score (nSPS) is 10.6. The van der Waals surface area contributed by atoms with Crippen LogP contribution in [0, 0.1) is 0 Å². The Hall–Kier alpha value is -3.81. The van der Waals surface area contributed by atoms with Crippen LogP contribution < -0.4 is 21.5 Å². The molecule has 0 spiro atoms. The molecule has 29 heavy (non-hydrogen) atoms. The number of fused-ring (bicyclic) bond motifs is 1. The van der Waals surface area contributed by atoms with Crippen molar-refractivity contribution < 1.29 is 14.4 Å². The van der Waals surface area contributed by atoms with E-state index in [-0.39, 0.29) is 24.4 Å². The van der Waals surface area contributed by atoms with Gasteiger partial charge in [0.2, 0.25) is 5.91 Å². The maximum Gasteiger partial charge on any atom is 0.319 e. The zero-order valence-electron chi connectivity index (χ0n) is 16.2. The first kappa shape index (κ1) is 19.9. The number of carbonyl (C=O) groups excluding carboxylic acids is 3. The third-order valence-electron chi connectivity index (χ3n) is 4.14. The molecule has 8 heteroatoms. The number of aromatic amines is 1. The summed E-state index contributed by atoms with van der Waals surface area (Å²) in [4.78, 5) is 39.4. The van der Waals surface area contributed by atoms with Crippen LogP contribution in [0.3, 0.4) is 0 Å². The maximum atomic E-state index is 12.3. The van der Waals surface area contributed by atoms with Crippen molar-refractivity contribution in [3.8, 4) is 0 Å². The lowest BCUT2D eigenvalue weighted by Gasteiger charge is -2.11. The standard InChI is InChI=1S/C21H23N5O3/c1-13(2)23-21(29)24-16-7-5-6-14(10-16)20(28)26-25-19(27)11-15-12-22-18-9-4-3-8-17(15)18/h3-10,12-13,22H,11H2,1-2H3,(H,25,27)(H,26,28)(H2,23,24,29). The van der Waals surface area contributed by atoms with Gasteiger partial charge in [-0.15, -0.1) is 0 Å². The summed E-state index contributed by atoms with van der Waals surface area (Å²) in [7, 11) is 0. The first-order chi connectivity index (χ1) is 13.9. The number of anilines is 1. The monoisotopic (exact) mass is 393 g/mol. The van der Waals surface area contributed by atoms with E-state index in [1.807, 2.05) is 38.1 Å². The molecule has 2 aromatic carbocycles. The predicted molar refractivity (Wildman–Crippen MR) is 111 cm³/mol. The number of hydrogen-bond acceptors (Lipinski definition) is 3. The summed E-state index contributed by atoms with van der Waals surface area (Å²) in [5.74, 6) is -0.820. The predicted octanol–water partition coefficient (Wildman–Crippen LogP) is 2.70. The molecule has 0 unspecified atom stereocenters. The number of H-pyrrole nitrogens is 1. The Kier molecular flexibility index (Phi) is 6.13. The molecule has 0 fully saturated rings. The van der Waals surface area contributed by atoms with Crippen LogP contribution in [0.25, 0.3) is 10.9 Å². The van der Waals surface area contributed by atoms with E-state index >= 15 is 0 Å². The highest BCUT2D eigenvalue weighted by Crippen LogP contribution is 2.17. The number of hydrazine groups is 1. The van der Waals surface area contributed by atoms with Crippen molar-refractivity contribution in [1.29, 1.82) is 0 Å². The van der Waals surface area contributed by atoms with Gasteiger partial charge < -0.3 is 15.6 Å². The number of carbonyl (C=O) groups is 3. The van der Waals surface area contributed by atoms with Crippen LogP contribution in [-0.2, 0) is 11.2 Å². The smallest absolute Gasteiger partial charge is 0.319 e. The highest BCUT2D eigenvalue weighted by Gasteiger charge is 2.12. The molecule has 3 aromatic rings. The Labute approximate surface area is 168 Å². The van der Waals surface area contributed by atoms with Crippen LogP contribution in [0.2, 0.25) is 0 Å². The Balaban J connectivity index is 1.55. The molecular formula is C21H23N5O3. The quantitative estimate of drug-likeness (QED) is 0.429. The fourth-order valence-electron chi connectivity index (χ4n) is 2.86. The van der Waals surface area contributed by atoms with E-state index in [9.17, 15) is 14.4 Å². The van der Waals surface area contributed by atoms with Crippen molar-refractivity contribution in [2.24, 2.45) is 0 Å². The summed E-state index contributed by atoms with van der Waals surface area (Å²) in [5, 5.41) is 6.33. The minimum atomic E-state index is -0.481. The fourth-order valence-corrected chi connectivity index (χ4v) is 2.86. The van der Waals surface area contributed by atoms with Gasteiger partial charge in [0.15, 0.2) is 0 Å². The van der Waals surface area contributed by atoms with Crippen LogP contribution >= 0.6 is 0 Å². The highest BCUT2D eigenvalue weighted by atomic mass is 16.2. The molecule has 1 heterocycles. The molecule has 0 aliphatic heterocycles. The van der Waals surface area contributed by atoms with E-state index in [2.05, 4.69) is 26.5 Å². The lowest BCUT2D eigenvalue weighted by Crippen LogP contribution is -2.42. The van der Waals surface area contributed by atoms with Crippen molar-refractivity contribution in [2.45, 2.75) is 26.3 Å². The van der Waals surface area contributed by atoms with Gasteiger partial charge in [-0.1, -0.05) is 24.3 Å². The third kappa shape index (κ3) is 5.35. The first-order valence-corrected chi connectivity index (χ1v) is 9.24. The molecular weight excluding hydrogens is 370 g/mol. The molecule has 8 nitrogen and oxygen atoms in total. The second kappa shape index (κ2) is 8.92. The number of rotatable bonds is 5. The second-order valence-corrected chi connectivity index (χ2v) is 6.87. The van der Waals surface area contributed by atoms with Gasteiger partial charge in [0.25, 0.3) is 5.91 Å². The van der Waals surface area contributed by atoms with Crippen LogP contribution in [0.15, 0.2) is 54.7 Å². The van der Waals surface area contributed by atoms with E-state index in [1.54, 1.807) is 24.4 Å². The maximum absolute atomic E-state index is 12.3. The van der Waals surface area contributed by atoms with Crippen molar-refractivity contribution in [1.82, 2.24) is 21.2 Å². The van der Waals surface area contributed by atoms with Crippen LogP contribution in [0.5, 0.6) is 0 Å². The summed E-state index contributed by atoms with van der Waals surface area (Å²) in [5.41, 5.74) is 7.38. The summed E-state index contributed by atoms with van der Waals surface area (Å²) in [6.07, 6.45) is 1.91. The lowest BCUT2D eigenvalue weighted by molar-refractivity contribution is -0.121. The van der Waals surface area contributed by atoms with E-state index in [0.29, 0.717) is 11.3 Å². The summed E-state index contributed by atoms with van der Waals surface area (Å²) < 4.78 is 0. The minimum Gasteiger partial charge on any atom is -0.361 e. The first-order valence-electron chi connectivity index (χ1n) is 9.24. The molecule has 0 aliphatic carbocycles. The topological polar surface area (TPSA) is 115 Å². The van der Waals surface area contributed by atoms with Gasteiger partial charge in [0, 0.05) is 34.4 Å². The van der Waals surface area contributed by atoms with Gasteiger partial charge in [-0.2, -0.15) is 0 Å². The summed E-state index contributed by atoms with van der Waals surface area (Å²) >= 11 is 0. The van der Waals surface area contributed by atoms with Crippen molar-refractivity contribution >= 4 is 34.4 Å². The highest BCUT2D eigenvalue weighted by molar-refractivity contribution is 5.98. The van der Waals surface area contributed by atoms with Gasteiger partial charge >= 0.3 is 6.03 Å². The summed E-state index contributed by atoms with van der Waals surface area (Å²) in [6, 6.07) is 13.8. The number of urea groups is 1. The Morgan fingerprint density at radius 3 is 2.59 bits per heavy atom. The Morgan fingerprint density at radius 2 is 1.79 bits per heavy atom. The zero-order chi connectivity index (χ0) is 20.8. The van der Waals surface area contributed by atoms with Gasteiger partial charge in [-0.3, -0.25) is 20.4 Å². The largest absolute Gasteiger partial charge is 0.361 e. The molecule has 0 radical (unpaired) electrons. The molecule has 0 bridgehead atoms. The van der Waals surface area contributed by atoms with Crippen molar-refractivity contribution in [2.75, 3.05) is 5.32 Å². The van der Waals surface area contributed by atoms with Gasteiger partial charge in [-0.05, 0) is 43.7 Å². The second-order valence-electron chi connectivity index (χ2n) is 6.87. The zero-order valence-corrected chi connectivity index (χ0v) is 16.2. The molecule has 1 aromatic heterocycles. The van der Waals surface area contributed by atoms with E-state index in [4.69, 9.17) is 0 Å². The number of amides is 4. The average Bonchev–Trinajstić information content (AvgIpc) is 3.08. The van der Waals surface area contributed by atoms with Crippen molar-refractivity contribution in [3.63, 3.8) is 0 Å². The molecule has 0 aliphatic rings. The lowest BCUT2D eigenvalue weighted by atomic mass is 10.1. The molecule has 5 N–H and O–H groups in total. The van der Waals surface area contributed by atoms with Crippen LogP contribution in [0.4, 0.5) is 10.5 Å². The molecule has 0 atom stereocenters. The summed E-state index contributed by atoms with van der Waals surface area (Å²) in [6.45, 7) is 3.70. The average molecular weight is 393 g/mol. The van der Waals surface area contributed by atoms with E-state index in [0.717, 1.165) is 16.5 Å². The molecule has 3 rings (SSSR count).